The van der Waals surface area contributed by atoms with Crippen LogP contribution in [0.3, 0.4) is 0 Å². The maximum absolute atomic E-state index is 12.6. The molecule has 0 spiro atoms. The number of hydrogen-bond acceptors (Lipinski definition) is 4. The van der Waals surface area contributed by atoms with E-state index in [1.165, 1.54) is 40.7 Å². The van der Waals surface area contributed by atoms with Crippen LogP contribution >= 0.6 is 11.6 Å². The van der Waals surface area contributed by atoms with E-state index >= 15 is 0 Å². The first-order valence-electron chi connectivity index (χ1n) is 8.84. The van der Waals surface area contributed by atoms with Crippen molar-refractivity contribution in [2.45, 2.75) is 24.2 Å². The number of nitrogens with one attached hydrogen (secondary N) is 2. The molecule has 2 amide bonds. The van der Waals surface area contributed by atoms with Gasteiger partial charge in [0.2, 0.25) is 10.0 Å². The van der Waals surface area contributed by atoms with Crippen molar-refractivity contribution in [3.63, 3.8) is 0 Å². The summed E-state index contributed by atoms with van der Waals surface area (Å²) in [6.45, 7) is 1.03. The maximum atomic E-state index is 12.6. The van der Waals surface area contributed by atoms with Gasteiger partial charge in [0.1, 0.15) is 0 Å². The number of amides is 2. The minimum absolute atomic E-state index is 0.149. The average Bonchev–Trinajstić information content (AvgIpc) is 2.73. The van der Waals surface area contributed by atoms with Gasteiger partial charge in [-0.25, -0.2) is 8.42 Å². The molecule has 2 aromatic rings. The van der Waals surface area contributed by atoms with Crippen molar-refractivity contribution in [3.8, 4) is 0 Å². The number of carbonyl (C=O) groups is 2. The Labute approximate surface area is 168 Å². The van der Waals surface area contributed by atoms with E-state index in [1.54, 1.807) is 12.1 Å². The van der Waals surface area contributed by atoms with Gasteiger partial charge in [-0.05, 0) is 61.4 Å². The highest BCUT2D eigenvalue weighted by molar-refractivity contribution is 7.89. The molecule has 0 unspecified atom stereocenters. The van der Waals surface area contributed by atoms with Crippen molar-refractivity contribution in [3.05, 3.63) is 64.7 Å². The van der Waals surface area contributed by atoms with Crippen molar-refractivity contribution in [1.29, 1.82) is 0 Å². The van der Waals surface area contributed by atoms with Gasteiger partial charge in [-0.3, -0.25) is 20.4 Å². The molecule has 28 heavy (non-hydrogen) atoms. The highest BCUT2D eigenvalue weighted by Crippen LogP contribution is 2.20. The zero-order chi connectivity index (χ0) is 20.1. The molecule has 0 radical (unpaired) electrons. The minimum atomic E-state index is -3.55. The molecular formula is C19H20ClN3O4S. The molecule has 0 aliphatic carbocycles. The predicted molar refractivity (Wildman–Crippen MR) is 105 cm³/mol. The summed E-state index contributed by atoms with van der Waals surface area (Å²) in [6.07, 6.45) is 2.74. The van der Waals surface area contributed by atoms with E-state index in [1.807, 2.05) is 0 Å². The number of carbonyl (C=O) groups excluding carboxylic acids is 2. The topological polar surface area (TPSA) is 95.6 Å². The van der Waals surface area contributed by atoms with Gasteiger partial charge in [0.05, 0.1) is 4.90 Å². The van der Waals surface area contributed by atoms with Crippen LogP contribution in [0, 0.1) is 0 Å². The molecule has 0 aromatic heterocycles. The summed E-state index contributed by atoms with van der Waals surface area (Å²) < 4.78 is 26.7. The molecule has 1 heterocycles. The van der Waals surface area contributed by atoms with Gasteiger partial charge in [-0.2, -0.15) is 4.31 Å². The first-order chi connectivity index (χ1) is 13.4. The number of benzene rings is 2. The number of piperidine rings is 1. The Balaban J connectivity index is 1.62. The van der Waals surface area contributed by atoms with Crippen LogP contribution in [0.1, 0.15) is 40.0 Å². The Morgan fingerprint density at radius 2 is 1.25 bits per heavy atom. The molecule has 1 aliphatic rings. The fourth-order valence-corrected chi connectivity index (χ4v) is 4.53. The van der Waals surface area contributed by atoms with E-state index in [2.05, 4.69) is 10.9 Å². The monoisotopic (exact) mass is 421 g/mol. The van der Waals surface area contributed by atoms with Gasteiger partial charge in [0, 0.05) is 29.2 Å². The smallest absolute Gasteiger partial charge is 0.267 e. The molecule has 1 fully saturated rings. The molecule has 148 valence electrons. The lowest BCUT2D eigenvalue weighted by Gasteiger charge is -2.25. The number of nitrogens with zero attached hydrogens (tertiary/aromatic N) is 1. The standard InChI is InChI=1S/C19H20ClN3O4S/c20-16-8-4-14(5-9-16)18(24)21-22-19(25)15-6-10-17(11-7-15)28(26,27)23-12-2-1-3-13-23/h4-11H,1-3,12-13H2,(H,21,24)(H,22,25). The summed E-state index contributed by atoms with van der Waals surface area (Å²) in [5.41, 5.74) is 5.18. The largest absolute Gasteiger partial charge is 0.269 e. The van der Waals surface area contributed by atoms with Crippen molar-refractivity contribution in [1.82, 2.24) is 15.2 Å². The molecule has 0 atom stereocenters. The molecule has 2 N–H and O–H groups in total. The normalized spacial score (nSPS) is 15.0. The molecule has 9 heteroatoms. The molecular weight excluding hydrogens is 402 g/mol. The van der Waals surface area contributed by atoms with E-state index in [9.17, 15) is 18.0 Å². The van der Waals surface area contributed by atoms with Crippen LogP contribution in [0.15, 0.2) is 53.4 Å². The highest BCUT2D eigenvalue weighted by Gasteiger charge is 2.25. The summed E-state index contributed by atoms with van der Waals surface area (Å²) in [5, 5.41) is 0.500. The van der Waals surface area contributed by atoms with E-state index in [4.69, 9.17) is 11.6 Å². The second kappa shape index (κ2) is 8.72. The zero-order valence-corrected chi connectivity index (χ0v) is 16.6. The third-order valence-electron chi connectivity index (χ3n) is 4.47. The Morgan fingerprint density at radius 1 is 0.786 bits per heavy atom. The summed E-state index contributed by atoms with van der Waals surface area (Å²) in [5.74, 6) is -1.04. The Kier molecular flexibility index (Phi) is 6.33. The van der Waals surface area contributed by atoms with Crippen LogP contribution in [0.2, 0.25) is 5.02 Å². The summed E-state index contributed by atoms with van der Waals surface area (Å²) in [6, 6.07) is 11.8. The van der Waals surface area contributed by atoms with E-state index in [0.717, 1.165) is 19.3 Å². The summed E-state index contributed by atoms with van der Waals surface area (Å²) in [4.78, 5) is 24.3. The maximum Gasteiger partial charge on any atom is 0.269 e. The van der Waals surface area contributed by atoms with Crippen LogP contribution in [-0.4, -0.2) is 37.6 Å². The third-order valence-corrected chi connectivity index (χ3v) is 6.63. The van der Waals surface area contributed by atoms with Gasteiger partial charge in [0.25, 0.3) is 11.8 Å². The quantitative estimate of drug-likeness (QED) is 0.741. The molecule has 7 nitrogen and oxygen atoms in total. The van der Waals surface area contributed by atoms with Gasteiger partial charge in [0.15, 0.2) is 0 Å². The highest BCUT2D eigenvalue weighted by atomic mass is 35.5. The second-order valence-electron chi connectivity index (χ2n) is 6.40. The molecule has 1 aliphatic heterocycles. The third kappa shape index (κ3) is 4.70. The van der Waals surface area contributed by atoms with Crippen LogP contribution in [0.25, 0.3) is 0 Å². The van der Waals surface area contributed by atoms with Crippen molar-refractivity contribution >= 4 is 33.4 Å². The number of halogens is 1. The Hall–Kier alpha value is -2.42. The molecule has 2 aromatic carbocycles. The summed E-state index contributed by atoms with van der Waals surface area (Å²) >= 11 is 5.77. The number of hydrazine groups is 1. The van der Waals surface area contributed by atoms with E-state index in [0.29, 0.717) is 23.7 Å². The van der Waals surface area contributed by atoms with Gasteiger partial charge in [-0.1, -0.05) is 18.0 Å². The van der Waals surface area contributed by atoms with Crippen LogP contribution in [-0.2, 0) is 10.0 Å². The number of sulfonamides is 1. The van der Waals surface area contributed by atoms with Crippen molar-refractivity contribution in [2.75, 3.05) is 13.1 Å². The molecule has 1 saturated heterocycles. The lowest BCUT2D eigenvalue weighted by molar-refractivity contribution is 0.0846. The van der Waals surface area contributed by atoms with Gasteiger partial charge < -0.3 is 0 Å². The molecule has 3 rings (SSSR count). The fourth-order valence-electron chi connectivity index (χ4n) is 2.89. The van der Waals surface area contributed by atoms with Crippen molar-refractivity contribution < 1.29 is 18.0 Å². The lowest BCUT2D eigenvalue weighted by Crippen LogP contribution is -2.41. The van der Waals surface area contributed by atoms with E-state index < -0.39 is 21.8 Å². The van der Waals surface area contributed by atoms with Gasteiger partial charge >= 0.3 is 0 Å². The predicted octanol–water partition coefficient (Wildman–Crippen LogP) is 2.59. The lowest BCUT2D eigenvalue weighted by atomic mass is 10.2. The zero-order valence-electron chi connectivity index (χ0n) is 15.0. The van der Waals surface area contributed by atoms with Crippen molar-refractivity contribution in [2.24, 2.45) is 0 Å². The van der Waals surface area contributed by atoms with Crippen LogP contribution in [0.5, 0.6) is 0 Å². The molecule has 0 saturated carbocycles. The Bertz CT molecular complexity index is 954. The first-order valence-corrected chi connectivity index (χ1v) is 10.7. The minimum Gasteiger partial charge on any atom is -0.267 e. The average molecular weight is 422 g/mol. The fraction of sp³-hybridized carbons (Fsp3) is 0.263. The summed E-state index contributed by atoms with van der Waals surface area (Å²) in [7, 11) is -3.55. The molecule has 0 bridgehead atoms. The van der Waals surface area contributed by atoms with Gasteiger partial charge in [-0.15, -0.1) is 0 Å². The Morgan fingerprint density at radius 3 is 1.75 bits per heavy atom. The SMILES string of the molecule is O=C(NNC(=O)c1ccc(S(=O)(=O)N2CCCCC2)cc1)c1ccc(Cl)cc1. The van der Waals surface area contributed by atoms with E-state index in [-0.39, 0.29) is 10.5 Å². The van der Waals surface area contributed by atoms with Crippen LogP contribution in [0.4, 0.5) is 0 Å². The number of rotatable bonds is 4. The second-order valence-corrected chi connectivity index (χ2v) is 8.78. The first kappa shape index (κ1) is 20.3. The number of hydrogen-bond donors (Lipinski definition) is 2. The van der Waals surface area contributed by atoms with Crippen LogP contribution < -0.4 is 10.9 Å².